The van der Waals surface area contributed by atoms with E-state index in [0.717, 1.165) is 18.4 Å². The largest absolute Gasteiger partial charge is 0.327 e. The van der Waals surface area contributed by atoms with E-state index in [9.17, 15) is 0 Å². The lowest BCUT2D eigenvalue weighted by molar-refractivity contribution is -0.000914. The van der Waals surface area contributed by atoms with E-state index in [4.69, 9.17) is 5.73 Å². The molecule has 0 amide bonds. The third-order valence-electron chi connectivity index (χ3n) is 3.55. The summed E-state index contributed by atoms with van der Waals surface area (Å²) >= 11 is 1.61. The Morgan fingerprint density at radius 1 is 1.50 bits per heavy atom. The van der Waals surface area contributed by atoms with Crippen LogP contribution in [-0.4, -0.2) is 28.4 Å². The quantitative estimate of drug-likeness (QED) is 0.787. The van der Waals surface area contributed by atoms with Crippen molar-refractivity contribution in [2.24, 2.45) is 17.6 Å². The molecule has 3 fully saturated rings. The Balaban J connectivity index is 1.61. The van der Waals surface area contributed by atoms with Crippen LogP contribution in [0.25, 0.3) is 0 Å². The average molecular weight is 209 g/mol. The van der Waals surface area contributed by atoms with E-state index < -0.39 is 0 Å². The third-order valence-corrected chi connectivity index (χ3v) is 4.28. The van der Waals surface area contributed by atoms with Gasteiger partial charge in [-0.15, -0.1) is 0 Å². The summed E-state index contributed by atoms with van der Waals surface area (Å²) in [4.78, 5) is 3.90. The van der Waals surface area contributed by atoms with Crippen LogP contribution in [0.2, 0.25) is 0 Å². The van der Waals surface area contributed by atoms with Gasteiger partial charge in [-0.2, -0.15) is 0 Å². The fraction of sp³-hybridized carbons (Fsp3) is 0.700. The second-order valence-corrected chi connectivity index (χ2v) is 5.42. The van der Waals surface area contributed by atoms with Crippen molar-refractivity contribution in [1.29, 1.82) is 0 Å². The van der Waals surface area contributed by atoms with Gasteiger partial charge in [-0.05, 0) is 35.9 Å². The molecule has 1 saturated carbocycles. The van der Waals surface area contributed by atoms with Crippen LogP contribution in [0.4, 0.5) is 0 Å². The Hall–Kier alpha value is -0.450. The van der Waals surface area contributed by atoms with Crippen molar-refractivity contribution in [3.8, 4) is 0 Å². The van der Waals surface area contributed by atoms with Crippen molar-refractivity contribution in [2.75, 3.05) is 13.1 Å². The van der Waals surface area contributed by atoms with Gasteiger partial charge in [-0.1, -0.05) is 0 Å². The molecule has 2 N–H and O–H groups in total. The molecule has 14 heavy (non-hydrogen) atoms. The number of nitrogens with two attached hydrogens (primary N) is 1. The Morgan fingerprint density at radius 3 is 2.86 bits per heavy atom. The number of rotatable bonds is 2. The van der Waals surface area contributed by atoms with Gasteiger partial charge < -0.3 is 5.73 Å². The second kappa shape index (κ2) is 3.29. The summed E-state index contributed by atoms with van der Waals surface area (Å²) in [6.45, 7) is 3.45. The highest BCUT2D eigenvalue weighted by molar-refractivity contribution is 7.05. The van der Waals surface area contributed by atoms with Gasteiger partial charge in [0.2, 0.25) is 0 Å². The number of nitrogens with zero attached hydrogens (tertiary/aromatic N) is 2. The van der Waals surface area contributed by atoms with Crippen molar-refractivity contribution >= 4 is 11.5 Å². The van der Waals surface area contributed by atoms with Gasteiger partial charge in [0.15, 0.2) is 0 Å². The topological polar surface area (TPSA) is 42.1 Å². The van der Waals surface area contributed by atoms with E-state index in [0.29, 0.717) is 6.04 Å². The van der Waals surface area contributed by atoms with Gasteiger partial charge in [0.05, 0.1) is 0 Å². The molecule has 2 bridgehead atoms. The molecule has 1 aromatic rings. The third kappa shape index (κ3) is 1.38. The molecule has 0 radical (unpaired) electrons. The van der Waals surface area contributed by atoms with E-state index in [2.05, 4.69) is 15.3 Å². The Morgan fingerprint density at radius 2 is 2.29 bits per heavy atom. The predicted molar refractivity (Wildman–Crippen MR) is 57.0 cm³/mol. The lowest BCUT2D eigenvalue weighted by atomic mass is 9.67. The molecular weight excluding hydrogens is 194 g/mol. The molecule has 3 nitrogen and oxygen atoms in total. The van der Waals surface area contributed by atoms with Crippen molar-refractivity contribution in [3.05, 3.63) is 17.1 Å². The minimum Gasteiger partial charge on any atom is -0.327 e. The summed E-state index contributed by atoms with van der Waals surface area (Å²) in [5.74, 6) is 1.53. The molecule has 1 aliphatic carbocycles. The monoisotopic (exact) mass is 209 g/mol. The maximum Gasteiger partial charge on any atom is 0.0410 e. The smallest absolute Gasteiger partial charge is 0.0410 e. The van der Waals surface area contributed by atoms with E-state index in [1.165, 1.54) is 24.4 Å². The van der Waals surface area contributed by atoms with Gasteiger partial charge in [0.1, 0.15) is 0 Å². The number of hydrogen-bond acceptors (Lipinski definition) is 4. The molecule has 2 aliphatic heterocycles. The number of piperidine rings is 2. The van der Waals surface area contributed by atoms with Crippen molar-refractivity contribution in [2.45, 2.75) is 19.0 Å². The van der Waals surface area contributed by atoms with Gasteiger partial charge in [0, 0.05) is 36.8 Å². The van der Waals surface area contributed by atoms with Crippen LogP contribution in [-0.2, 0) is 6.54 Å². The maximum absolute atomic E-state index is 6.03. The first-order valence-corrected chi connectivity index (χ1v) is 5.98. The van der Waals surface area contributed by atoms with Crippen LogP contribution in [0, 0.1) is 11.8 Å². The Bertz CT molecular complexity index is 299. The standard InChI is InChI=1S/C10H15N3S/c11-10-7-3-8(10)5-13(4-7)6-9-1-2-12-14-9/h1-2,7-8,10H,3-6,11H2. The lowest BCUT2D eigenvalue weighted by Gasteiger charge is -2.52. The molecule has 4 heteroatoms. The van der Waals surface area contributed by atoms with Gasteiger partial charge in [-0.25, -0.2) is 4.37 Å². The predicted octanol–water partition coefficient (Wildman–Crippen LogP) is 0.922. The van der Waals surface area contributed by atoms with Crippen molar-refractivity contribution < 1.29 is 0 Å². The summed E-state index contributed by atoms with van der Waals surface area (Å²) in [6, 6.07) is 2.61. The summed E-state index contributed by atoms with van der Waals surface area (Å²) in [5.41, 5.74) is 6.03. The zero-order chi connectivity index (χ0) is 9.54. The molecule has 3 aliphatic rings. The highest BCUT2D eigenvalue weighted by atomic mass is 32.1. The first-order chi connectivity index (χ1) is 6.83. The van der Waals surface area contributed by atoms with Crippen LogP contribution in [0.3, 0.4) is 0 Å². The molecule has 0 aromatic carbocycles. The van der Waals surface area contributed by atoms with Gasteiger partial charge in [0.25, 0.3) is 0 Å². The molecule has 76 valence electrons. The number of aromatic nitrogens is 1. The Labute approximate surface area is 88.1 Å². The highest BCUT2D eigenvalue weighted by Crippen LogP contribution is 2.39. The van der Waals surface area contributed by atoms with Crippen molar-refractivity contribution in [1.82, 2.24) is 9.27 Å². The summed E-state index contributed by atoms with van der Waals surface area (Å²) in [7, 11) is 0. The molecule has 2 atom stereocenters. The summed E-state index contributed by atoms with van der Waals surface area (Å²) < 4.78 is 4.12. The lowest BCUT2D eigenvalue weighted by Crippen LogP contribution is -2.61. The van der Waals surface area contributed by atoms with Crippen LogP contribution in [0.15, 0.2) is 12.3 Å². The van der Waals surface area contributed by atoms with Crippen LogP contribution in [0.1, 0.15) is 11.3 Å². The number of fused-ring (bicyclic) bond motifs is 2. The van der Waals surface area contributed by atoms with Crippen LogP contribution in [0.5, 0.6) is 0 Å². The SMILES string of the molecule is NC1C2CC1CN(Cc1ccns1)C2. The zero-order valence-electron chi connectivity index (χ0n) is 8.10. The van der Waals surface area contributed by atoms with Crippen LogP contribution < -0.4 is 5.73 Å². The van der Waals surface area contributed by atoms with E-state index in [1.54, 1.807) is 11.5 Å². The number of hydrogen-bond donors (Lipinski definition) is 1. The normalized spacial score (nSPS) is 36.8. The fourth-order valence-electron chi connectivity index (χ4n) is 2.70. The fourth-order valence-corrected chi connectivity index (χ4v) is 3.31. The molecule has 1 aromatic heterocycles. The van der Waals surface area contributed by atoms with Gasteiger partial charge in [-0.3, -0.25) is 4.90 Å². The molecule has 2 saturated heterocycles. The van der Waals surface area contributed by atoms with Crippen molar-refractivity contribution in [3.63, 3.8) is 0 Å². The molecule has 2 unspecified atom stereocenters. The highest BCUT2D eigenvalue weighted by Gasteiger charge is 2.44. The molecular formula is C10H15N3S. The zero-order valence-corrected chi connectivity index (χ0v) is 8.91. The first kappa shape index (κ1) is 8.83. The molecule has 4 rings (SSSR count). The maximum atomic E-state index is 6.03. The molecule has 0 spiro atoms. The van der Waals surface area contributed by atoms with Gasteiger partial charge >= 0.3 is 0 Å². The minimum absolute atomic E-state index is 0.493. The second-order valence-electron chi connectivity index (χ2n) is 4.51. The minimum atomic E-state index is 0.493. The van der Waals surface area contributed by atoms with E-state index >= 15 is 0 Å². The first-order valence-electron chi connectivity index (χ1n) is 5.20. The van der Waals surface area contributed by atoms with E-state index in [1.807, 2.05) is 6.20 Å². The molecule has 3 heterocycles. The average Bonchev–Trinajstić information content (AvgIpc) is 2.70. The summed E-state index contributed by atoms with van der Waals surface area (Å²) in [5, 5.41) is 0. The summed E-state index contributed by atoms with van der Waals surface area (Å²) in [6.07, 6.45) is 3.25. The van der Waals surface area contributed by atoms with E-state index in [-0.39, 0.29) is 0 Å². The van der Waals surface area contributed by atoms with Crippen LogP contribution >= 0.6 is 11.5 Å². The Kier molecular flexibility index (Phi) is 2.08.